The molecule has 1 atom stereocenters. The summed E-state index contributed by atoms with van der Waals surface area (Å²) >= 11 is 7.20. The van der Waals surface area contributed by atoms with Crippen LogP contribution in [0, 0.1) is 0 Å². The third-order valence-electron chi connectivity index (χ3n) is 6.23. The van der Waals surface area contributed by atoms with Crippen LogP contribution >= 0.6 is 22.9 Å². The number of thiophene rings is 1. The molecule has 1 aliphatic rings. The van der Waals surface area contributed by atoms with Crippen LogP contribution in [0.2, 0.25) is 4.34 Å². The molecule has 0 aliphatic carbocycles. The van der Waals surface area contributed by atoms with E-state index in [0.717, 1.165) is 6.54 Å². The molecule has 1 aromatic heterocycles. The fourth-order valence-corrected chi connectivity index (χ4v) is 5.35. The molecule has 35 heavy (non-hydrogen) atoms. The zero-order valence-electron chi connectivity index (χ0n) is 20.0. The van der Waals surface area contributed by atoms with Crippen LogP contribution in [-0.2, 0) is 10.2 Å². The number of likely N-dealkylation sites (tertiary alicyclic amines) is 1. The molecule has 3 N–H and O–H groups in total. The summed E-state index contributed by atoms with van der Waals surface area (Å²) in [5, 5.41) is 9.08. The molecule has 0 saturated carbocycles. The van der Waals surface area contributed by atoms with E-state index in [1.165, 1.54) is 42.8 Å². The molecule has 2 aromatic carbocycles. The highest BCUT2D eigenvalue weighted by Gasteiger charge is 2.26. The number of carbonyl (C=O) groups is 2. The summed E-state index contributed by atoms with van der Waals surface area (Å²) in [4.78, 5) is 28.4. The molecule has 0 radical (unpaired) electrons. The summed E-state index contributed by atoms with van der Waals surface area (Å²) in [6, 6.07) is 19.3. The number of carbonyl (C=O) groups excluding carboxylic acids is 2. The van der Waals surface area contributed by atoms with Gasteiger partial charge in [0.1, 0.15) is 6.04 Å². The smallest absolute Gasteiger partial charge is 0.320 e. The minimum atomic E-state index is -0.863. The van der Waals surface area contributed by atoms with Crippen molar-refractivity contribution >= 4 is 45.6 Å². The molecule has 3 aromatic rings. The lowest BCUT2D eigenvalue weighted by Gasteiger charge is -2.30. The van der Waals surface area contributed by atoms with Gasteiger partial charge in [0.15, 0.2) is 0 Å². The highest BCUT2D eigenvalue weighted by Crippen LogP contribution is 2.28. The Morgan fingerprint density at radius 3 is 2.29 bits per heavy atom. The Kier molecular flexibility index (Phi) is 8.11. The number of amides is 3. The van der Waals surface area contributed by atoms with Gasteiger partial charge in [-0.3, -0.25) is 10.1 Å². The highest BCUT2D eigenvalue weighted by atomic mass is 35.5. The van der Waals surface area contributed by atoms with Crippen molar-refractivity contribution in [2.24, 2.45) is 0 Å². The number of urea groups is 1. The van der Waals surface area contributed by atoms with E-state index in [1.807, 2.05) is 42.5 Å². The lowest BCUT2D eigenvalue weighted by atomic mass is 9.84. The molecular weight excluding hydrogens is 480 g/mol. The van der Waals surface area contributed by atoms with Crippen molar-refractivity contribution in [2.45, 2.75) is 38.1 Å². The second-order valence-electron chi connectivity index (χ2n) is 9.48. The van der Waals surface area contributed by atoms with E-state index >= 15 is 0 Å². The number of nitrogens with one attached hydrogen (secondary N) is 3. The van der Waals surface area contributed by atoms with Gasteiger partial charge in [0.05, 0.1) is 9.34 Å². The molecule has 2 heterocycles. The zero-order valence-corrected chi connectivity index (χ0v) is 21.6. The topological polar surface area (TPSA) is 73.5 Å². The Labute approximate surface area is 215 Å². The lowest BCUT2D eigenvalue weighted by Crippen LogP contribution is -2.39. The van der Waals surface area contributed by atoms with Gasteiger partial charge < -0.3 is 15.5 Å². The van der Waals surface area contributed by atoms with Gasteiger partial charge in [-0.2, -0.15) is 0 Å². The van der Waals surface area contributed by atoms with Crippen LogP contribution in [0.25, 0.3) is 0 Å². The molecule has 6 nitrogen and oxygen atoms in total. The maximum absolute atomic E-state index is 13.2. The monoisotopic (exact) mass is 510 g/mol. The van der Waals surface area contributed by atoms with Gasteiger partial charge in [-0.1, -0.05) is 67.9 Å². The quantitative estimate of drug-likeness (QED) is 0.334. The van der Waals surface area contributed by atoms with Gasteiger partial charge in [0, 0.05) is 17.6 Å². The predicted molar refractivity (Wildman–Crippen MR) is 144 cm³/mol. The number of hydrogen-bond acceptors (Lipinski definition) is 4. The van der Waals surface area contributed by atoms with Gasteiger partial charge in [-0.25, -0.2) is 4.79 Å². The standard InChI is InChI=1S/C27H31ClN4O2S/c1-27(2,18-32-16-6-7-17-32)20-10-12-21(13-11-20)29-25(33)24(19-8-4-3-5-9-19)31-26(34)30-23-15-14-22(28)35-23/h3-5,8-15,24H,6-7,16-18H2,1-2H3,(H,29,33)(H2,30,31,34). The molecule has 1 fully saturated rings. The third-order valence-corrected chi connectivity index (χ3v) is 7.38. The zero-order chi connectivity index (χ0) is 24.8. The predicted octanol–water partition coefficient (Wildman–Crippen LogP) is 6.28. The molecule has 1 saturated heterocycles. The number of nitrogens with zero attached hydrogens (tertiary/aromatic N) is 1. The van der Waals surface area contributed by atoms with E-state index in [9.17, 15) is 9.59 Å². The average Bonchev–Trinajstić information content (AvgIpc) is 3.49. The minimum Gasteiger partial charge on any atom is -0.324 e. The first-order valence-electron chi connectivity index (χ1n) is 11.8. The summed E-state index contributed by atoms with van der Waals surface area (Å²) < 4.78 is 0.574. The van der Waals surface area contributed by atoms with Crippen molar-refractivity contribution in [1.29, 1.82) is 0 Å². The van der Waals surface area contributed by atoms with E-state index in [1.54, 1.807) is 12.1 Å². The number of benzene rings is 2. The number of halogens is 1. The molecular formula is C27H31ClN4O2S. The van der Waals surface area contributed by atoms with E-state index in [-0.39, 0.29) is 11.3 Å². The SMILES string of the molecule is CC(C)(CN1CCCC1)c1ccc(NC(=O)C(NC(=O)Nc2ccc(Cl)s2)c2ccccc2)cc1. The van der Waals surface area contributed by atoms with Crippen LogP contribution in [0.1, 0.15) is 43.9 Å². The molecule has 8 heteroatoms. The number of anilines is 2. The first-order chi connectivity index (χ1) is 16.8. The molecule has 0 spiro atoms. The molecule has 1 unspecified atom stereocenters. The second-order valence-corrected chi connectivity index (χ2v) is 11.2. The molecule has 3 amide bonds. The normalized spacial score (nSPS) is 14.9. The number of rotatable bonds is 8. The van der Waals surface area contributed by atoms with Crippen molar-refractivity contribution in [3.05, 3.63) is 82.2 Å². The fraction of sp³-hybridized carbons (Fsp3) is 0.333. The van der Waals surface area contributed by atoms with Crippen molar-refractivity contribution < 1.29 is 9.59 Å². The highest BCUT2D eigenvalue weighted by molar-refractivity contribution is 7.20. The minimum absolute atomic E-state index is 0.0176. The van der Waals surface area contributed by atoms with Crippen LogP contribution in [0.3, 0.4) is 0 Å². The van der Waals surface area contributed by atoms with E-state index < -0.39 is 12.1 Å². The summed E-state index contributed by atoms with van der Waals surface area (Å²) in [5.74, 6) is -0.320. The van der Waals surface area contributed by atoms with Gasteiger partial charge in [0.2, 0.25) is 0 Å². The van der Waals surface area contributed by atoms with Gasteiger partial charge in [-0.15, -0.1) is 11.3 Å². The average molecular weight is 511 g/mol. The molecule has 184 valence electrons. The first-order valence-corrected chi connectivity index (χ1v) is 13.0. The van der Waals surface area contributed by atoms with Crippen molar-refractivity contribution in [3.8, 4) is 0 Å². The first kappa shape index (κ1) is 25.2. The van der Waals surface area contributed by atoms with Crippen molar-refractivity contribution in [1.82, 2.24) is 10.2 Å². The van der Waals surface area contributed by atoms with Crippen LogP contribution in [-0.4, -0.2) is 36.5 Å². The van der Waals surface area contributed by atoms with Gasteiger partial charge in [-0.05, 0) is 61.3 Å². The van der Waals surface area contributed by atoms with E-state index in [0.29, 0.717) is 20.6 Å². The molecule has 4 rings (SSSR count). The van der Waals surface area contributed by atoms with Crippen molar-refractivity contribution in [2.75, 3.05) is 30.3 Å². The Bertz CT molecular complexity index is 1140. The summed E-state index contributed by atoms with van der Waals surface area (Å²) in [5.41, 5.74) is 2.62. The fourth-order valence-electron chi connectivity index (χ4n) is 4.42. The van der Waals surface area contributed by atoms with Crippen LogP contribution < -0.4 is 16.0 Å². The lowest BCUT2D eigenvalue weighted by molar-refractivity contribution is -0.118. The number of hydrogen-bond donors (Lipinski definition) is 3. The summed E-state index contributed by atoms with van der Waals surface area (Å²) in [6.07, 6.45) is 2.55. The Hall–Kier alpha value is -2.87. The third kappa shape index (κ3) is 6.84. The maximum atomic E-state index is 13.2. The van der Waals surface area contributed by atoms with Crippen LogP contribution in [0.4, 0.5) is 15.5 Å². The van der Waals surface area contributed by atoms with Crippen LogP contribution in [0.15, 0.2) is 66.7 Å². The Morgan fingerprint density at radius 1 is 0.971 bits per heavy atom. The molecule has 0 bridgehead atoms. The van der Waals surface area contributed by atoms with Crippen molar-refractivity contribution in [3.63, 3.8) is 0 Å². The Morgan fingerprint density at radius 2 is 1.66 bits per heavy atom. The van der Waals surface area contributed by atoms with Gasteiger partial charge >= 0.3 is 6.03 Å². The van der Waals surface area contributed by atoms with Gasteiger partial charge in [0.25, 0.3) is 5.91 Å². The maximum Gasteiger partial charge on any atom is 0.320 e. The molecule has 1 aliphatic heterocycles. The van der Waals surface area contributed by atoms with E-state index in [4.69, 9.17) is 11.6 Å². The Balaban J connectivity index is 1.43. The van der Waals surface area contributed by atoms with Crippen LogP contribution in [0.5, 0.6) is 0 Å². The largest absolute Gasteiger partial charge is 0.324 e. The summed E-state index contributed by atoms with van der Waals surface area (Å²) in [7, 11) is 0. The van der Waals surface area contributed by atoms with E-state index in [2.05, 4.69) is 46.8 Å². The second kappa shape index (κ2) is 11.2. The summed E-state index contributed by atoms with van der Waals surface area (Å²) in [6.45, 7) is 7.86.